The Labute approximate surface area is 120 Å². The van der Waals surface area contributed by atoms with Gasteiger partial charge >= 0.3 is 0 Å². The third-order valence-corrected chi connectivity index (χ3v) is 5.64. The summed E-state index contributed by atoms with van der Waals surface area (Å²) in [6.45, 7) is 3.29. The van der Waals surface area contributed by atoms with E-state index >= 15 is 0 Å². The largest absolute Gasteiger partial charge is 0.321 e. The molecule has 112 valence electrons. The molecule has 0 aliphatic carbocycles. The van der Waals surface area contributed by atoms with Gasteiger partial charge in [-0.1, -0.05) is 19.8 Å². The molecule has 3 N–H and O–H groups in total. The van der Waals surface area contributed by atoms with Crippen molar-refractivity contribution in [3.05, 3.63) is 18.3 Å². The highest BCUT2D eigenvalue weighted by Gasteiger charge is 2.31. The standard InChI is InChI=1S/C13H22N4O2S/c1-2-4-11-6-9-17(10-7-11)20(18,19)13-12(16-14)5-3-8-15-13/h3,5,8,11,16H,2,4,6-7,9-10,14H2,1H3. The van der Waals surface area contributed by atoms with E-state index in [9.17, 15) is 8.42 Å². The molecule has 0 radical (unpaired) electrons. The molecule has 0 aromatic carbocycles. The highest BCUT2D eigenvalue weighted by Crippen LogP contribution is 2.27. The van der Waals surface area contributed by atoms with E-state index < -0.39 is 10.0 Å². The summed E-state index contributed by atoms with van der Waals surface area (Å²) in [5.74, 6) is 6.01. The van der Waals surface area contributed by atoms with Crippen LogP contribution in [-0.4, -0.2) is 30.8 Å². The zero-order valence-electron chi connectivity index (χ0n) is 11.7. The average Bonchev–Trinajstić information content (AvgIpc) is 2.48. The zero-order chi connectivity index (χ0) is 14.6. The summed E-state index contributed by atoms with van der Waals surface area (Å²) < 4.78 is 26.7. The first-order chi connectivity index (χ1) is 9.59. The van der Waals surface area contributed by atoms with Gasteiger partial charge in [0.1, 0.15) is 0 Å². The molecule has 1 fully saturated rings. The van der Waals surface area contributed by atoms with Crippen molar-refractivity contribution in [1.29, 1.82) is 0 Å². The van der Waals surface area contributed by atoms with Crippen molar-refractivity contribution in [3.8, 4) is 0 Å². The van der Waals surface area contributed by atoms with Crippen molar-refractivity contribution in [2.45, 2.75) is 37.6 Å². The summed E-state index contributed by atoms with van der Waals surface area (Å²) in [4.78, 5) is 3.98. The molecule has 20 heavy (non-hydrogen) atoms. The summed E-state index contributed by atoms with van der Waals surface area (Å²) >= 11 is 0. The number of hydrogen-bond donors (Lipinski definition) is 2. The Morgan fingerprint density at radius 1 is 1.45 bits per heavy atom. The second-order valence-electron chi connectivity index (χ2n) is 5.14. The van der Waals surface area contributed by atoms with Crippen LogP contribution in [0.25, 0.3) is 0 Å². The van der Waals surface area contributed by atoms with Crippen LogP contribution in [0.3, 0.4) is 0 Å². The molecule has 1 saturated heterocycles. The Bertz CT molecular complexity index is 539. The molecule has 1 aromatic rings. The second kappa shape index (κ2) is 6.51. The molecule has 0 bridgehead atoms. The van der Waals surface area contributed by atoms with Gasteiger partial charge < -0.3 is 5.43 Å². The predicted octanol–water partition coefficient (Wildman–Crippen LogP) is 1.57. The zero-order valence-corrected chi connectivity index (χ0v) is 12.6. The van der Waals surface area contributed by atoms with Crippen molar-refractivity contribution in [2.24, 2.45) is 11.8 Å². The molecule has 1 aliphatic heterocycles. The number of piperidine rings is 1. The molecule has 7 heteroatoms. The number of nitrogens with two attached hydrogens (primary N) is 1. The number of nitrogens with zero attached hydrogens (tertiary/aromatic N) is 2. The second-order valence-corrected chi connectivity index (χ2v) is 6.99. The minimum atomic E-state index is -3.56. The van der Waals surface area contributed by atoms with Crippen molar-refractivity contribution in [1.82, 2.24) is 9.29 Å². The lowest BCUT2D eigenvalue weighted by Crippen LogP contribution is -2.39. The minimum Gasteiger partial charge on any atom is -0.321 e. The van der Waals surface area contributed by atoms with Gasteiger partial charge in [0.25, 0.3) is 10.0 Å². The van der Waals surface area contributed by atoms with Crippen LogP contribution in [0.15, 0.2) is 23.4 Å². The number of nitrogens with one attached hydrogen (secondary N) is 1. The monoisotopic (exact) mass is 298 g/mol. The molecular formula is C13H22N4O2S. The number of hydrazine groups is 1. The molecule has 0 unspecified atom stereocenters. The fourth-order valence-electron chi connectivity index (χ4n) is 2.68. The number of rotatable bonds is 5. The van der Waals surface area contributed by atoms with Crippen molar-refractivity contribution in [2.75, 3.05) is 18.5 Å². The number of nitrogen functional groups attached to an aromatic ring is 1. The van der Waals surface area contributed by atoms with Crippen LogP contribution in [0.1, 0.15) is 32.6 Å². The summed E-state index contributed by atoms with van der Waals surface area (Å²) in [6, 6.07) is 3.27. The van der Waals surface area contributed by atoms with E-state index in [-0.39, 0.29) is 5.03 Å². The van der Waals surface area contributed by atoms with Crippen molar-refractivity contribution >= 4 is 15.7 Å². The van der Waals surface area contributed by atoms with Crippen LogP contribution >= 0.6 is 0 Å². The lowest BCUT2D eigenvalue weighted by molar-refractivity contribution is 0.262. The van der Waals surface area contributed by atoms with Gasteiger partial charge in [-0.2, -0.15) is 4.31 Å². The number of hydrogen-bond acceptors (Lipinski definition) is 5. The highest BCUT2D eigenvalue weighted by molar-refractivity contribution is 7.89. The first-order valence-corrected chi connectivity index (χ1v) is 8.45. The topological polar surface area (TPSA) is 88.3 Å². The lowest BCUT2D eigenvalue weighted by atomic mass is 9.94. The summed E-state index contributed by atoms with van der Waals surface area (Å²) in [6.07, 6.45) is 5.64. The molecule has 0 spiro atoms. The van der Waals surface area contributed by atoms with E-state index in [0.29, 0.717) is 24.7 Å². The maximum Gasteiger partial charge on any atom is 0.262 e. The Kier molecular flexibility index (Phi) is 4.95. The van der Waals surface area contributed by atoms with E-state index in [1.165, 1.54) is 16.9 Å². The van der Waals surface area contributed by atoms with Crippen LogP contribution in [0, 0.1) is 5.92 Å². The van der Waals surface area contributed by atoms with Gasteiger partial charge in [0.2, 0.25) is 0 Å². The van der Waals surface area contributed by atoms with E-state index in [0.717, 1.165) is 19.3 Å². The van der Waals surface area contributed by atoms with Crippen LogP contribution in [0.2, 0.25) is 0 Å². The smallest absolute Gasteiger partial charge is 0.262 e. The Morgan fingerprint density at radius 2 is 2.15 bits per heavy atom. The third kappa shape index (κ3) is 3.11. The van der Waals surface area contributed by atoms with Gasteiger partial charge in [0.15, 0.2) is 5.03 Å². The number of anilines is 1. The predicted molar refractivity (Wildman–Crippen MR) is 78.4 cm³/mol. The van der Waals surface area contributed by atoms with Crippen LogP contribution in [-0.2, 0) is 10.0 Å². The van der Waals surface area contributed by atoms with Gasteiger partial charge in [-0.25, -0.2) is 13.4 Å². The van der Waals surface area contributed by atoms with Gasteiger partial charge in [-0.05, 0) is 30.9 Å². The van der Waals surface area contributed by atoms with E-state index in [2.05, 4.69) is 17.3 Å². The molecule has 2 rings (SSSR count). The highest BCUT2D eigenvalue weighted by atomic mass is 32.2. The Morgan fingerprint density at radius 3 is 2.75 bits per heavy atom. The molecule has 6 nitrogen and oxygen atoms in total. The summed E-state index contributed by atoms with van der Waals surface area (Å²) in [7, 11) is -3.56. The molecule has 0 amide bonds. The number of pyridine rings is 1. The van der Waals surface area contributed by atoms with Crippen LogP contribution in [0.5, 0.6) is 0 Å². The Hall–Kier alpha value is -1.18. The van der Waals surface area contributed by atoms with E-state index in [1.807, 2.05) is 0 Å². The third-order valence-electron chi connectivity index (χ3n) is 3.78. The van der Waals surface area contributed by atoms with Gasteiger partial charge in [0.05, 0.1) is 5.69 Å². The molecule has 2 heterocycles. The van der Waals surface area contributed by atoms with Gasteiger partial charge in [-0.15, -0.1) is 0 Å². The quantitative estimate of drug-likeness (QED) is 0.636. The normalized spacial score (nSPS) is 18.1. The lowest BCUT2D eigenvalue weighted by Gasteiger charge is -2.31. The van der Waals surface area contributed by atoms with Crippen molar-refractivity contribution in [3.63, 3.8) is 0 Å². The fraction of sp³-hybridized carbons (Fsp3) is 0.615. The van der Waals surface area contributed by atoms with Crippen molar-refractivity contribution < 1.29 is 8.42 Å². The fourth-order valence-corrected chi connectivity index (χ4v) is 4.21. The maximum atomic E-state index is 12.6. The van der Waals surface area contributed by atoms with Crippen LogP contribution in [0.4, 0.5) is 5.69 Å². The average molecular weight is 298 g/mol. The molecule has 0 saturated carbocycles. The summed E-state index contributed by atoms with van der Waals surface area (Å²) in [5.41, 5.74) is 2.74. The van der Waals surface area contributed by atoms with E-state index in [4.69, 9.17) is 5.84 Å². The SMILES string of the molecule is CCCC1CCN(S(=O)(=O)c2ncccc2NN)CC1. The van der Waals surface area contributed by atoms with E-state index in [1.54, 1.807) is 12.1 Å². The maximum absolute atomic E-state index is 12.6. The molecular weight excluding hydrogens is 276 g/mol. The number of aromatic nitrogens is 1. The molecule has 1 aliphatic rings. The molecule has 1 aromatic heterocycles. The summed E-state index contributed by atoms with van der Waals surface area (Å²) in [5, 5.41) is 0.0106. The first-order valence-electron chi connectivity index (χ1n) is 7.01. The number of sulfonamides is 1. The molecule has 0 atom stereocenters. The van der Waals surface area contributed by atoms with Crippen LogP contribution < -0.4 is 11.3 Å². The first kappa shape index (κ1) is 15.2. The van der Waals surface area contributed by atoms with Gasteiger partial charge in [-0.3, -0.25) is 5.84 Å². The minimum absolute atomic E-state index is 0.0106. The van der Waals surface area contributed by atoms with Gasteiger partial charge in [0, 0.05) is 19.3 Å². The Balaban J connectivity index is 2.16.